The molecule has 22 heavy (non-hydrogen) atoms. The summed E-state index contributed by atoms with van der Waals surface area (Å²) in [5.41, 5.74) is 3.16. The van der Waals surface area contributed by atoms with Crippen molar-refractivity contribution in [1.82, 2.24) is 15.3 Å². The lowest BCUT2D eigenvalue weighted by atomic mass is 9.68. The van der Waals surface area contributed by atoms with Crippen molar-refractivity contribution in [2.45, 2.75) is 32.2 Å². The molecule has 2 aliphatic rings. The number of H-pyrrole nitrogens is 1. The standard InChI is InChI=1S/C16H20BN3O2/c1-2-4-18-11-6-10(7-11)13-8-17(21)22-14-9-20-16-12(15(13)14)3-5-19-16/h3,5,8-11,18,21H,2,4,6-7H2,1H3,(H,19,20)/t10-,11+. The smallest absolute Gasteiger partial charge is 0.531 e. The van der Waals surface area contributed by atoms with E-state index in [4.69, 9.17) is 4.65 Å². The second-order valence-corrected chi connectivity index (χ2v) is 6.19. The van der Waals surface area contributed by atoms with E-state index >= 15 is 0 Å². The van der Waals surface area contributed by atoms with E-state index in [2.05, 4.69) is 22.2 Å². The SMILES string of the molecule is CCCN[C@H]1C[C@@H](C2=CB(O)Oc3cnc4[nH]ccc4c32)C1. The van der Waals surface area contributed by atoms with Crippen molar-refractivity contribution in [2.24, 2.45) is 5.92 Å². The zero-order chi connectivity index (χ0) is 15.1. The molecule has 3 heterocycles. The van der Waals surface area contributed by atoms with Crippen LogP contribution in [0.5, 0.6) is 5.75 Å². The Morgan fingerprint density at radius 2 is 2.36 bits per heavy atom. The fourth-order valence-electron chi connectivity index (χ4n) is 3.50. The molecule has 2 aromatic heterocycles. The third-order valence-corrected chi connectivity index (χ3v) is 4.67. The highest BCUT2D eigenvalue weighted by molar-refractivity contribution is 6.52. The van der Waals surface area contributed by atoms with Crippen LogP contribution in [0.25, 0.3) is 16.6 Å². The number of pyridine rings is 1. The van der Waals surface area contributed by atoms with E-state index < -0.39 is 7.12 Å². The van der Waals surface area contributed by atoms with Gasteiger partial charge in [0.25, 0.3) is 0 Å². The predicted molar refractivity (Wildman–Crippen MR) is 87.5 cm³/mol. The van der Waals surface area contributed by atoms with Crippen LogP contribution >= 0.6 is 0 Å². The maximum absolute atomic E-state index is 9.98. The summed E-state index contributed by atoms with van der Waals surface area (Å²) in [6.07, 6.45) is 7.00. The second-order valence-electron chi connectivity index (χ2n) is 6.19. The highest BCUT2D eigenvalue weighted by atomic mass is 16.5. The van der Waals surface area contributed by atoms with Gasteiger partial charge < -0.3 is 20.0 Å². The third kappa shape index (κ3) is 2.23. The molecule has 1 saturated carbocycles. The van der Waals surface area contributed by atoms with Crippen LogP contribution in [0, 0.1) is 5.92 Å². The number of aromatic amines is 1. The summed E-state index contributed by atoms with van der Waals surface area (Å²) >= 11 is 0. The zero-order valence-corrected chi connectivity index (χ0v) is 12.7. The van der Waals surface area contributed by atoms with Gasteiger partial charge in [0.2, 0.25) is 0 Å². The van der Waals surface area contributed by atoms with Crippen molar-refractivity contribution in [3.63, 3.8) is 0 Å². The molecule has 0 unspecified atom stereocenters. The first-order valence-electron chi connectivity index (χ1n) is 8.02. The molecule has 2 aromatic rings. The topological polar surface area (TPSA) is 70.2 Å². The minimum Gasteiger partial charge on any atom is -0.531 e. The molecule has 1 aliphatic carbocycles. The summed E-state index contributed by atoms with van der Waals surface area (Å²) in [7, 11) is -0.872. The average Bonchev–Trinajstić information content (AvgIpc) is 2.93. The van der Waals surface area contributed by atoms with Gasteiger partial charge in [0.15, 0.2) is 0 Å². The van der Waals surface area contributed by atoms with Crippen molar-refractivity contribution in [3.05, 3.63) is 30.0 Å². The molecule has 4 rings (SSSR count). The van der Waals surface area contributed by atoms with E-state index in [1.54, 1.807) is 6.20 Å². The lowest BCUT2D eigenvalue weighted by Gasteiger charge is -2.39. The van der Waals surface area contributed by atoms with Crippen LogP contribution in [-0.4, -0.2) is 34.7 Å². The minimum atomic E-state index is -0.872. The maximum atomic E-state index is 9.98. The van der Waals surface area contributed by atoms with Gasteiger partial charge in [0.05, 0.1) is 6.20 Å². The fraction of sp³-hybridized carbons (Fsp3) is 0.438. The van der Waals surface area contributed by atoms with Gasteiger partial charge in [-0.1, -0.05) is 6.92 Å². The van der Waals surface area contributed by atoms with E-state index in [9.17, 15) is 5.02 Å². The molecule has 114 valence electrons. The molecule has 0 saturated heterocycles. The largest absolute Gasteiger partial charge is 0.552 e. The molecule has 0 spiro atoms. The highest BCUT2D eigenvalue weighted by Gasteiger charge is 2.37. The zero-order valence-electron chi connectivity index (χ0n) is 12.7. The van der Waals surface area contributed by atoms with Gasteiger partial charge in [-0.15, -0.1) is 0 Å². The molecule has 0 atom stereocenters. The van der Waals surface area contributed by atoms with Crippen molar-refractivity contribution >= 4 is 23.7 Å². The van der Waals surface area contributed by atoms with Crippen LogP contribution in [0.2, 0.25) is 0 Å². The van der Waals surface area contributed by atoms with Crippen molar-refractivity contribution in [3.8, 4) is 5.75 Å². The van der Waals surface area contributed by atoms with Crippen LogP contribution in [0.15, 0.2) is 24.4 Å². The predicted octanol–water partition coefficient (Wildman–Crippen LogP) is 2.14. The Morgan fingerprint density at radius 3 is 3.18 bits per heavy atom. The Kier molecular flexibility index (Phi) is 3.43. The molecule has 1 aliphatic heterocycles. The van der Waals surface area contributed by atoms with Gasteiger partial charge in [-0.2, -0.15) is 0 Å². The van der Waals surface area contributed by atoms with E-state index in [1.165, 1.54) is 5.57 Å². The normalized spacial score (nSPS) is 23.7. The molecular formula is C16H20BN3O2. The summed E-state index contributed by atoms with van der Waals surface area (Å²) in [6.45, 7) is 3.26. The summed E-state index contributed by atoms with van der Waals surface area (Å²) in [6, 6.07) is 2.62. The van der Waals surface area contributed by atoms with E-state index in [1.807, 2.05) is 18.2 Å². The molecule has 0 aromatic carbocycles. The van der Waals surface area contributed by atoms with Crippen molar-refractivity contribution in [1.29, 1.82) is 0 Å². The Labute approximate surface area is 129 Å². The lowest BCUT2D eigenvalue weighted by molar-refractivity contribution is 0.276. The lowest BCUT2D eigenvalue weighted by Crippen LogP contribution is -2.42. The van der Waals surface area contributed by atoms with Crippen LogP contribution < -0.4 is 9.97 Å². The second kappa shape index (κ2) is 5.45. The first-order chi connectivity index (χ1) is 10.8. The first-order valence-corrected chi connectivity index (χ1v) is 8.02. The molecule has 6 heteroatoms. The molecule has 0 bridgehead atoms. The molecule has 0 amide bonds. The number of allylic oxidation sites excluding steroid dienone is 1. The molecular weight excluding hydrogens is 277 g/mol. The summed E-state index contributed by atoms with van der Waals surface area (Å²) in [4.78, 5) is 7.50. The van der Waals surface area contributed by atoms with Crippen molar-refractivity contribution in [2.75, 3.05) is 6.54 Å². The van der Waals surface area contributed by atoms with Crippen LogP contribution in [0.4, 0.5) is 0 Å². The van der Waals surface area contributed by atoms with E-state index in [0.717, 1.165) is 42.4 Å². The van der Waals surface area contributed by atoms with E-state index in [0.29, 0.717) is 17.7 Å². The van der Waals surface area contributed by atoms with Gasteiger partial charge in [-0.05, 0) is 49.3 Å². The quantitative estimate of drug-likeness (QED) is 0.756. The molecule has 5 nitrogen and oxygen atoms in total. The monoisotopic (exact) mass is 297 g/mol. The van der Waals surface area contributed by atoms with Crippen LogP contribution in [0.3, 0.4) is 0 Å². The average molecular weight is 297 g/mol. The summed E-state index contributed by atoms with van der Waals surface area (Å²) < 4.78 is 5.54. The first kappa shape index (κ1) is 13.8. The number of hydrogen-bond acceptors (Lipinski definition) is 4. The maximum Gasteiger partial charge on any atom is 0.552 e. The molecule has 3 N–H and O–H groups in total. The summed E-state index contributed by atoms with van der Waals surface area (Å²) in [5.74, 6) is 3.02. The van der Waals surface area contributed by atoms with Gasteiger partial charge in [-0.25, -0.2) is 4.98 Å². The Balaban J connectivity index is 1.65. The number of aromatic nitrogens is 2. The number of nitrogens with zero attached hydrogens (tertiary/aromatic N) is 1. The van der Waals surface area contributed by atoms with Gasteiger partial charge in [0.1, 0.15) is 11.4 Å². The van der Waals surface area contributed by atoms with Gasteiger partial charge >= 0.3 is 7.12 Å². The third-order valence-electron chi connectivity index (χ3n) is 4.67. The number of nitrogens with one attached hydrogen (secondary N) is 2. The van der Waals surface area contributed by atoms with Gasteiger partial charge in [0, 0.05) is 23.2 Å². The summed E-state index contributed by atoms with van der Waals surface area (Å²) in [5, 5.41) is 14.6. The van der Waals surface area contributed by atoms with Crippen LogP contribution in [-0.2, 0) is 0 Å². The molecule has 0 radical (unpaired) electrons. The van der Waals surface area contributed by atoms with E-state index in [-0.39, 0.29) is 0 Å². The Hall–Kier alpha value is -1.79. The van der Waals surface area contributed by atoms with Gasteiger partial charge in [-0.3, -0.25) is 0 Å². The number of hydrogen-bond donors (Lipinski definition) is 3. The van der Waals surface area contributed by atoms with Crippen LogP contribution in [0.1, 0.15) is 31.7 Å². The minimum absolute atomic E-state index is 0.479. The Bertz CT molecular complexity index is 721. The highest BCUT2D eigenvalue weighted by Crippen LogP contribution is 2.45. The number of rotatable bonds is 4. The molecule has 1 fully saturated rings. The fourth-order valence-corrected chi connectivity index (χ4v) is 3.50. The van der Waals surface area contributed by atoms with Crippen molar-refractivity contribution < 1.29 is 9.68 Å². The Morgan fingerprint density at radius 1 is 1.50 bits per heavy atom. The number of fused-ring (bicyclic) bond motifs is 3.